The van der Waals surface area contributed by atoms with Gasteiger partial charge in [0.05, 0.1) is 0 Å². The molecule has 0 bridgehead atoms. The van der Waals surface area contributed by atoms with Crippen LogP contribution >= 0.6 is 0 Å². The van der Waals surface area contributed by atoms with Crippen LogP contribution in [0.15, 0.2) is 24.3 Å². The zero-order valence-electron chi connectivity index (χ0n) is 82.6. The first-order chi connectivity index (χ1) is 50.2. The van der Waals surface area contributed by atoms with E-state index in [4.69, 9.17) is 0 Å². The summed E-state index contributed by atoms with van der Waals surface area (Å²) in [6.07, 6.45) is 16.0. The van der Waals surface area contributed by atoms with Gasteiger partial charge in [0.2, 0.25) is 0 Å². The van der Waals surface area contributed by atoms with E-state index in [1.54, 1.807) is 0 Å². The summed E-state index contributed by atoms with van der Waals surface area (Å²) in [5.41, 5.74) is 2.45. The van der Waals surface area contributed by atoms with Gasteiger partial charge >= 0.3 is 0 Å². The Balaban J connectivity index is -0.000000398. The summed E-state index contributed by atoms with van der Waals surface area (Å²) in [6, 6.07) is 9.78. The zero-order chi connectivity index (χ0) is 89.2. The van der Waals surface area contributed by atoms with E-state index in [0.29, 0.717) is 89.7 Å². The van der Waals surface area contributed by atoms with Gasteiger partial charge in [0.25, 0.3) is 0 Å². The van der Waals surface area contributed by atoms with Crippen molar-refractivity contribution in [2.24, 2.45) is 56.7 Å². The second-order valence-corrected chi connectivity index (χ2v) is 44.6. The van der Waals surface area contributed by atoms with Gasteiger partial charge in [-0.15, -0.1) is 0 Å². The fraction of sp³-hybridized carbons (Fsp3) is 0.867. The number of likely N-dealkylation sites (tertiary alicyclic amines) is 1. The van der Waals surface area contributed by atoms with E-state index in [0.717, 1.165) is 115 Å². The number of ketones is 7. The van der Waals surface area contributed by atoms with Gasteiger partial charge in [-0.3, -0.25) is 33.6 Å². The summed E-state index contributed by atoms with van der Waals surface area (Å²) in [4.78, 5) is 89.4. The molecule has 3 atom stereocenters. The first kappa shape index (κ1) is 117. The van der Waals surface area contributed by atoms with Crippen LogP contribution in [0, 0.1) is 56.7 Å². The molecule has 0 aliphatic carbocycles. The van der Waals surface area contributed by atoms with Crippen LogP contribution in [0.1, 0.15) is 398 Å². The average Bonchev–Trinajstić information content (AvgIpc) is 0.881. The minimum atomic E-state index is -0.198. The molecule has 4 N–H and O–H groups in total. The van der Waals surface area contributed by atoms with E-state index in [1.165, 1.54) is 31.5 Å². The monoisotopic (exact) mass is 1580 g/mol. The Morgan fingerprint density at radius 2 is 0.821 bits per heavy atom. The van der Waals surface area contributed by atoms with E-state index in [9.17, 15) is 33.6 Å². The van der Waals surface area contributed by atoms with Crippen molar-refractivity contribution in [1.29, 1.82) is 0 Å². The number of unbranched alkanes of at least 4 members (excludes halogenated alkanes) is 2. The first-order valence-corrected chi connectivity index (χ1v) is 44.2. The molecule has 14 heteroatoms. The number of carbonyl (C=O) groups excluding carboxylic acids is 7. The van der Waals surface area contributed by atoms with Gasteiger partial charge in [-0.1, -0.05) is 184 Å². The molecule has 0 radical (unpaired) electrons. The van der Waals surface area contributed by atoms with Crippen LogP contribution in [0.25, 0.3) is 0 Å². The fourth-order valence-electron chi connectivity index (χ4n) is 11.4. The molecule has 1 saturated heterocycles. The molecule has 1 heterocycles. The van der Waals surface area contributed by atoms with Crippen LogP contribution in [0.5, 0.6) is 0 Å². The van der Waals surface area contributed by atoms with Gasteiger partial charge in [0.1, 0.15) is 40.5 Å². The van der Waals surface area contributed by atoms with Crippen LogP contribution in [0.3, 0.4) is 0 Å². The number of hydrogen-bond donors (Lipinski definition) is 4. The van der Waals surface area contributed by atoms with Crippen LogP contribution < -0.4 is 21.3 Å². The maximum atomic E-state index is 11.9. The minimum Gasteiger partial charge on any atom is -0.312 e. The number of rotatable bonds is 35. The van der Waals surface area contributed by atoms with Crippen molar-refractivity contribution in [2.45, 2.75) is 445 Å². The van der Waals surface area contributed by atoms with Crippen molar-refractivity contribution >= 4 is 40.5 Å². The molecular weight excluding hydrogens is 1390 g/mol. The molecule has 1 aliphatic heterocycles. The molecule has 2 rings (SSSR count). The average molecular weight is 1580 g/mol. The SMILES string of the molecule is CC(C)C(=O)CC1CCN(C(C)C)CC1.CC(C)NCc1ccccc1CC(=O)C(C)C.CC(CCCC(=O)C(C)(C)C)NC(C)(C)C.CC(CCCNC(C)(C)C)C(=O)C(C)(C)C.CC(CCNC(C)(C)C)CC(=O)C(C)(C)C.CN(CCCCC(=O)C(C)(C)C)C(C)(C)C.CN(CCCCC(=O)C(C)(C)C)C(C)(C)C. The van der Waals surface area contributed by atoms with Gasteiger partial charge in [-0.25, -0.2) is 0 Å². The first-order valence-electron chi connectivity index (χ1n) is 44.2. The van der Waals surface area contributed by atoms with Gasteiger partial charge in [-0.2, -0.15) is 0 Å². The fourth-order valence-corrected chi connectivity index (χ4v) is 11.4. The quantitative estimate of drug-likeness (QED) is 0.0472. The van der Waals surface area contributed by atoms with Gasteiger partial charge in [-0.05, 0) is 272 Å². The summed E-state index contributed by atoms with van der Waals surface area (Å²) in [5, 5.41) is 13.8. The smallest absolute Gasteiger partial charge is 0.140 e. The van der Waals surface area contributed by atoms with Crippen molar-refractivity contribution in [3.8, 4) is 0 Å². The van der Waals surface area contributed by atoms with Gasteiger partial charge < -0.3 is 36.0 Å². The summed E-state index contributed by atoms with van der Waals surface area (Å²) >= 11 is 0. The number of benzene rings is 1. The van der Waals surface area contributed by atoms with E-state index >= 15 is 0 Å². The second-order valence-electron chi connectivity index (χ2n) is 44.6. The van der Waals surface area contributed by atoms with Gasteiger partial charge in [0, 0.05) is 136 Å². The van der Waals surface area contributed by atoms with E-state index in [1.807, 2.05) is 151 Å². The molecule has 1 aliphatic rings. The summed E-state index contributed by atoms with van der Waals surface area (Å²) in [5.74, 6) is 4.26. The number of carbonyl (C=O) groups is 7. The van der Waals surface area contributed by atoms with Crippen molar-refractivity contribution in [1.82, 2.24) is 36.0 Å². The molecule has 1 aromatic carbocycles. The molecule has 112 heavy (non-hydrogen) atoms. The summed E-state index contributed by atoms with van der Waals surface area (Å²) < 4.78 is 0. The highest BCUT2D eigenvalue weighted by molar-refractivity contribution is 5.86. The normalized spacial score (nSPS) is 14.6. The largest absolute Gasteiger partial charge is 0.312 e. The predicted octanol–water partition coefficient (Wildman–Crippen LogP) is 23.0. The maximum Gasteiger partial charge on any atom is 0.140 e. The lowest BCUT2D eigenvalue weighted by molar-refractivity contribution is -0.130. The van der Waals surface area contributed by atoms with E-state index in [-0.39, 0.29) is 72.5 Å². The highest BCUT2D eigenvalue weighted by Crippen LogP contribution is 2.27. The number of piperidine rings is 1. The second kappa shape index (κ2) is 55.4. The molecule has 0 spiro atoms. The Bertz CT molecular complexity index is 2650. The van der Waals surface area contributed by atoms with E-state index < -0.39 is 0 Å². The third-order valence-corrected chi connectivity index (χ3v) is 20.5. The molecule has 0 aromatic heterocycles. The lowest BCUT2D eigenvalue weighted by Gasteiger charge is -2.34. The number of nitrogens with zero attached hydrogens (tertiary/aromatic N) is 3. The number of hydrogen-bond acceptors (Lipinski definition) is 14. The molecule has 1 fully saturated rings. The van der Waals surface area contributed by atoms with Gasteiger partial charge in [0.15, 0.2) is 0 Å². The molecule has 3 unspecified atom stereocenters. The zero-order valence-corrected chi connectivity index (χ0v) is 82.6. The van der Waals surface area contributed by atoms with Crippen LogP contribution in [-0.4, -0.2) is 154 Å². The molecule has 1 aromatic rings. The predicted molar refractivity (Wildman–Crippen MR) is 489 cm³/mol. The Labute approximate surface area is 697 Å². The van der Waals surface area contributed by atoms with Crippen LogP contribution in [-0.2, 0) is 46.5 Å². The maximum absolute atomic E-state index is 11.9. The van der Waals surface area contributed by atoms with Crippen molar-refractivity contribution in [3.63, 3.8) is 0 Å². The molecule has 0 amide bonds. The highest BCUT2D eigenvalue weighted by atomic mass is 16.2. The Hall–Kier alpha value is -3.37. The topological polar surface area (TPSA) is 177 Å². The van der Waals surface area contributed by atoms with Crippen molar-refractivity contribution in [3.05, 3.63) is 35.4 Å². The third kappa shape index (κ3) is 67.6. The number of nitrogens with one attached hydrogen (secondary N) is 4. The minimum absolute atomic E-state index is 0.112. The molecule has 662 valence electrons. The Kier molecular flexibility index (Phi) is 58.0. The number of Topliss-reactive ketones (excluding diaryl/α,β-unsaturated/α-hetero) is 7. The lowest BCUT2D eigenvalue weighted by atomic mass is 9.82. The summed E-state index contributed by atoms with van der Waals surface area (Å²) in [6.45, 7) is 93.1. The Morgan fingerprint density at radius 1 is 0.438 bits per heavy atom. The lowest BCUT2D eigenvalue weighted by Crippen LogP contribution is -2.42. The molecular formula is C98H193N7O7. The van der Waals surface area contributed by atoms with Crippen LogP contribution in [0.2, 0.25) is 0 Å². The van der Waals surface area contributed by atoms with E-state index in [2.05, 4.69) is 208 Å². The molecule has 0 saturated carbocycles. The summed E-state index contributed by atoms with van der Waals surface area (Å²) in [7, 11) is 4.29. The molecule has 14 nitrogen and oxygen atoms in total. The third-order valence-electron chi connectivity index (χ3n) is 20.5. The van der Waals surface area contributed by atoms with Crippen molar-refractivity contribution in [2.75, 3.05) is 53.4 Å². The highest BCUT2D eigenvalue weighted by Gasteiger charge is 2.29. The van der Waals surface area contributed by atoms with Crippen molar-refractivity contribution < 1.29 is 33.6 Å². The Morgan fingerprint density at radius 3 is 1.16 bits per heavy atom. The van der Waals surface area contributed by atoms with Crippen LogP contribution in [0.4, 0.5) is 0 Å². The standard InChI is InChI=1S/C15H23NO.5C14H29NO.C13H25NO/c1-11(2)15(17)9-13-7-5-6-8-14(13)10-16-12(3)4;1-11(8-9-15-14(5,6)7)10-12(16)13(2,3)4;2*1-13(2,3)12(16)10-8-9-11-15(7)14(4,5)6;1-11(12(16)13(2,3)4)9-8-10-15-14(5,6)7;1-11(15-14(5,6)7)9-8-10-12(16)13(2,3)4;1-10(2)13(15)9-12-5-7-14(8-6-12)11(3)4/h5-8,11-12,16H,9-10H2,1-4H3;11,15H,8-10H2,1-7H3;2*8-11H2,1-7H3;2*11,15H,8-10H2,1-7H3;10-12H,5-9H2,1-4H3.